The molecule has 0 aromatic heterocycles. The highest BCUT2D eigenvalue weighted by atomic mass is 16.5. The van der Waals surface area contributed by atoms with E-state index in [0.717, 1.165) is 19.3 Å². The molecule has 1 aromatic carbocycles. The minimum Gasteiger partial charge on any atom is -0.478 e. The number of hydrogen-bond donors (Lipinski definition) is 5. The molecular weight excluding hydrogens is 320 g/mol. The van der Waals surface area contributed by atoms with Crippen molar-refractivity contribution in [3.8, 4) is 0 Å². The number of aliphatic hydroxyl groups excluding tert-OH is 4. The molecule has 1 rings (SSSR count). The first-order chi connectivity index (χ1) is 11.5. The van der Waals surface area contributed by atoms with Crippen molar-refractivity contribution >= 4 is 11.9 Å². The van der Waals surface area contributed by atoms with Gasteiger partial charge in [-0.25, -0.2) is 9.59 Å². The van der Waals surface area contributed by atoms with Crippen molar-refractivity contribution in [1.29, 1.82) is 0 Å². The fourth-order valence-corrected chi connectivity index (χ4v) is 1.30. The first kappa shape index (κ1) is 24.3. The van der Waals surface area contributed by atoms with E-state index in [1.54, 1.807) is 0 Å². The predicted molar refractivity (Wildman–Crippen MR) is 86.9 cm³/mol. The van der Waals surface area contributed by atoms with E-state index in [2.05, 4.69) is 4.74 Å². The zero-order chi connectivity index (χ0) is 18.8. The number of aliphatic hydroxyl groups is 4. The summed E-state index contributed by atoms with van der Waals surface area (Å²) in [6.45, 7) is 0.250. The van der Waals surface area contributed by atoms with Gasteiger partial charge in [0.25, 0.3) is 0 Å². The molecular formula is C16H26O8. The molecule has 5 N–H and O–H groups in total. The minimum absolute atomic E-state index is 0.0721. The maximum Gasteiger partial charge on any atom is 0.337 e. The molecule has 0 bridgehead atoms. The molecule has 0 aliphatic carbocycles. The largest absolute Gasteiger partial charge is 0.478 e. The van der Waals surface area contributed by atoms with Crippen molar-refractivity contribution in [3.63, 3.8) is 0 Å². The van der Waals surface area contributed by atoms with Crippen LogP contribution in [0, 0.1) is 0 Å². The van der Waals surface area contributed by atoms with Gasteiger partial charge < -0.3 is 30.3 Å². The first-order valence-electron chi connectivity index (χ1n) is 7.33. The summed E-state index contributed by atoms with van der Waals surface area (Å²) < 4.78 is 4.44. The van der Waals surface area contributed by atoms with Crippen molar-refractivity contribution in [2.75, 3.05) is 33.5 Å². The van der Waals surface area contributed by atoms with Crippen LogP contribution in [0.25, 0.3) is 0 Å². The lowest BCUT2D eigenvalue weighted by atomic mass is 10.1. The fourth-order valence-electron chi connectivity index (χ4n) is 1.30. The number of carbonyl (C=O) groups excluding carboxylic acids is 1. The standard InChI is InChI=1S/C9H8O4.C5H12O2.C2H6O2/c1-13-9(12)7-4-2-3-6(5-7)8(10)11;6-4-2-1-3-5-7;3-1-2-4/h2-5H,1H3,(H,10,11);6-7H,1-5H2;3-4H,1-2H2. The lowest BCUT2D eigenvalue weighted by Crippen LogP contribution is -2.03. The highest BCUT2D eigenvalue weighted by Crippen LogP contribution is 2.06. The van der Waals surface area contributed by atoms with E-state index in [4.69, 9.17) is 25.5 Å². The molecule has 0 aliphatic rings. The third kappa shape index (κ3) is 13.6. The van der Waals surface area contributed by atoms with Crippen LogP contribution in [0.1, 0.15) is 40.0 Å². The van der Waals surface area contributed by atoms with Crippen LogP contribution in [0.2, 0.25) is 0 Å². The molecule has 0 spiro atoms. The SMILES string of the molecule is COC(=O)c1cccc(C(=O)O)c1.OCCCCCO.OCCO. The number of rotatable bonds is 7. The smallest absolute Gasteiger partial charge is 0.337 e. The Morgan fingerprint density at radius 1 is 0.875 bits per heavy atom. The number of carbonyl (C=O) groups is 2. The Kier molecular flexibility index (Phi) is 17.5. The Hall–Kier alpha value is -2.00. The highest BCUT2D eigenvalue weighted by molar-refractivity contribution is 5.94. The average molecular weight is 346 g/mol. The van der Waals surface area contributed by atoms with E-state index in [1.165, 1.54) is 31.4 Å². The van der Waals surface area contributed by atoms with Crippen molar-refractivity contribution in [2.45, 2.75) is 19.3 Å². The van der Waals surface area contributed by atoms with E-state index in [-0.39, 0.29) is 37.6 Å². The van der Waals surface area contributed by atoms with Crippen LogP contribution >= 0.6 is 0 Å². The summed E-state index contributed by atoms with van der Waals surface area (Å²) in [6, 6.07) is 5.68. The second-order valence-electron chi connectivity index (χ2n) is 4.33. The van der Waals surface area contributed by atoms with Crippen LogP contribution in [-0.2, 0) is 4.74 Å². The molecule has 0 atom stereocenters. The second kappa shape index (κ2) is 17.4. The van der Waals surface area contributed by atoms with Crippen LogP contribution in [0.5, 0.6) is 0 Å². The third-order valence-corrected chi connectivity index (χ3v) is 2.45. The van der Waals surface area contributed by atoms with Gasteiger partial charge in [-0.05, 0) is 37.5 Å². The highest BCUT2D eigenvalue weighted by Gasteiger charge is 2.08. The van der Waals surface area contributed by atoms with E-state index < -0.39 is 11.9 Å². The van der Waals surface area contributed by atoms with Gasteiger partial charge in [0.05, 0.1) is 31.5 Å². The van der Waals surface area contributed by atoms with Crippen LogP contribution in [0.4, 0.5) is 0 Å². The van der Waals surface area contributed by atoms with Crippen LogP contribution < -0.4 is 0 Å². The molecule has 8 nitrogen and oxygen atoms in total. The van der Waals surface area contributed by atoms with Crippen molar-refractivity contribution in [1.82, 2.24) is 0 Å². The van der Waals surface area contributed by atoms with Crippen LogP contribution in [-0.4, -0.2) is 71.0 Å². The minimum atomic E-state index is -1.06. The van der Waals surface area contributed by atoms with Crippen molar-refractivity contribution in [2.24, 2.45) is 0 Å². The number of aromatic carboxylic acids is 1. The summed E-state index contributed by atoms with van der Waals surface area (Å²) in [5.74, 6) is -1.60. The molecule has 1 aromatic rings. The van der Waals surface area contributed by atoms with Gasteiger partial charge in [0.15, 0.2) is 0 Å². The molecule has 0 saturated heterocycles. The third-order valence-electron chi connectivity index (χ3n) is 2.45. The number of carboxylic acids is 1. The van der Waals surface area contributed by atoms with Gasteiger partial charge in [-0.2, -0.15) is 0 Å². The summed E-state index contributed by atoms with van der Waals surface area (Å²) in [6.07, 6.45) is 2.58. The van der Waals surface area contributed by atoms with Gasteiger partial charge in [0, 0.05) is 13.2 Å². The Morgan fingerprint density at radius 2 is 1.38 bits per heavy atom. The summed E-state index contributed by atoms with van der Waals surface area (Å²) in [5, 5.41) is 40.3. The summed E-state index contributed by atoms with van der Waals surface area (Å²) in [4.78, 5) is 21.5. The first-order valence-corrected chi connectivity index (χ1v) is 7.33. The van der Waals surface area contributed by atoms with Crippen LogP contribution in [0.15, 0.2) is 24.3 Å². The van der Waals surface area contributed by atoms with Crippen LogP contribution in [0.3, 0.4) is 0 Å². The summed E-state index contributed by atoms with van der Waals surface area (Å²) >= 11 is 0. The average Bonchev–Trinajstić information content (AvgIpc) is 2.62. The lowest BCUT2D eigenvalue weighted by Gasteiger charge is -1.99. The van der Waals surface area contributed by atoms with Crippen molar-refractivity contribution in [3.05, 3.63) is 35.4 Å². The molecule has 24 heavy (non-hydrogen) atoms. The zero-order valence-electron chi connectivity index (χ0n) is 13.7. The Balaban J connectivity index is 0. The number of unbranched alkanes of at least 4 members (excludes halogenated alkanes) is 2. The van der Waals surface area contributed by atoms with Crippen molar-refractivity contribution < 1.29 is 39.9 Å². The number of hydrogen-bond acceptors (Lipinski definition) is 7. The number of ether oxygens (including phenoxy) is 1. The van der Waals surface area contributed by atoms with Gasteiger partial charge in [-0.15, -0.1) is 0 Å². The molecule has 0 radical (unpaired) electrons. The van der Waals surface area contributed by atoms with Gasteiger partial charge in [0.2, 0.25) is 0 Å². The van der Waals surface area contributed by atoms with E-state index in [1.807, 2.05) is 0 Å². The molecule has 0 fully saturated rings. The maximum absolute atomic E-state index is 11.0. The lowest BCUT2D eigenvalue weighted by molar-refractivity contribution is 0.0600. The Bertz CT molecular complexity index is 441. The van der Waals surface area contributed by atoms with E-state index in [0.29, 0.717) is 0 Å². The fraction of sp³-hybridized carbons (Fsp3) is 0.500. The number of esters is 1. The monoisotopic (exact) mass is 346 g/mol. The molecule has 0 aliphatic heterocycles. The quantitative estimate of drug-likeness (QED) is 0.350. The molecule has 138 valence electrons. The van der Waals surface area contributed by atoms with E-state index >= 15 is 0 Å². The molecule has 0 heterocycles. The molecule has 0 unspecified atom stereocenters. The van der Waals surface area contributed by atoms with Gasteiger partial charge in [-0.3, -0.25) is 0 Å². The zero-order valence-corrected chi connectivity index (χ0v) is 13.7. The maximum atomic E-state index is 11.0. The predicted octanol–water partition coefficient (Wildman–Crippen LogP) is 0.284. The second-order valence-corrected chi connectivity index (χ2v) is 4.33. The normalized spacial score (nSPS) is 9.04. The number of carboxylic acid groups (broad SMARTS) is 1. The summed E-state index contributed by atoms with van der Waals surface area (Å²) in [7, 11) is 1.25. The topological polar surface area (TPSA) is 145 Å². The van der Waals surface area contributed by atoms with E-state index in [9.17, 15) is 9.59 Å². The number of benzene rings is 1. The molecule has 8 heteroatoms. The number of methoxy groups -OCH3 is 1. The molecule has 0 saturated carbocycles. The van der Waals surface area contributed by atoms with Gasteiger partial charge >= 0.3 is 11.9 Å². The van der Waals surface area contributed by atoms with Gasteiger partial charge in [0.1, 0.15) is 0 Å². The molecule has 0 amide bonds. The Labute approximate surface area is 141 Å². The Morgan fingerprint density at radius 3 is 1.75 bits per heavy atom. The van der Waals surface area contributed by atoms with Gasteiger partial charge in [-0.1, -0.05) is 6.07 Å². The summed E-state index contributed by atoms with van der Waals surface area (Å²) in [5.41, 5.74) is 0.310.